The predicted molar refractivity (Wildman–Crippen MR) is 161 cm³/mol. The molecule has 2 amide bonds. The molecule has 1 fully saturated rings. The molecule has 1 aromatic rings. The van der Waals surface area contributed by atoms with Gasteiger partial charge in [0.2, 0.25) is 0 Å². The van der Waals surface area contributed by atoms with Crippen LogP contribution in [0.1, 0.15) is 46.6 Å². The molecule has 42 heavy (non-hydrogen) atoms. The van der Waals surface area contributed by atoms with Crippen molar-refractivity contribution in [2.45, 2.75) is 72.2 Å². The van der Waals surface area contributed by atoms with Crippen LogP contribution in [0.3, 0.4) is 0 Å². The molecular formula is C28H45N4O8PS. The molecule has 1 aromatic carbocycles. The average molecular weight is 629 g/mol. The fourth-order valence-electron chi connectivity index (χ4n) is 4.30. The lowest BCUT2D eigenvalue weighted by molar-refractivity contribution is -0.118. The Morgan fingerprint density at radius 1 is 1.29 bits per heavy atom. The summed E-state index contributed by atoms with van der Waals surface area (Å²) in [7, 11) is -3.78. The van der Waals surface area contributed by atoms with Gasteiger partial charge in [0.1, 0.15) is 12.5 Å². The van der Waals surface area contributed by atoms with E-state index in [2.05, 4.69) is 15.7 Å². The summed E-state index contributed by atoms with van der Waals surface area (Å²) in [5, 5.41) is 18.1. The Labute approximate surface area is 252 Å². The number of carbonyl (C=O) groups excluding carboxylic acids is 2. The summed E-state index contributed by atoms with van der Waals surface area (Å²) >= 11 is 1.12. The molecule has 14 heteroatoms. The molecule has 3 rings (SSSR count). The Morgan fingerprint density at radius 3 is 2.71 bits per heavy atom. The second-order valence-corrected chi connectivity index (χ2v) is 14.2. The molecule has 0 spiro atoms. The second kappa shape index (κ2) is 16.3. The van der Waals surface area contributed by atoms with Gasteiger partial charge in [-0.1, -0.05) is 62.9 Å². The molecule has 4 N–H and O–H groups in total. The topological polar surface area (TPSA) is 148 Å². The van der Waals surface area contributed by atoms with E-state index in [0.717, 1.165) is 17.3 Å². The number of urea groups is 1. The number of amides is 2. The lowest BCUT2D eigenvalue weighted by Gasteiger charge is -2.31. The number of nitrogens with zero attached hydrogens (tertiary/aromatic N) is 1. The third-order valence-corrected chi connectivity index (χ3v) is 9.37. The Hall–Kier alpha value is -1.80. The minimum absolute atomic E-state index is 0.0150. The lowest BCUT2D eigenvalue weighted by atomic mass is 9.96. The average Bonchev–Trinajstić information content (AvgIpc) is 3.31. The summed E-state index contributed by atoms with van der Waals surface area (Å²) in [5.41, 5.74) is 0.281. The first-order valence-electron chi connectivity index (χ1n) is 14.2. The van der Waals surface area contributed by atoms with Gasteiger partial charge in [0, 0.05) is 36.4 Å². The summed E-state index contributed by atoms with van der Waals surface area (Å²) in [6.07, 6.45) is 1.60. The molecule has 5 unspecified atom stereocenters. The number of aliphatic hydroxyl groups excluding tert-OH is 1. The van der Waals surface area contributed by atoms with Crippen molar-refractivity contribution in [3.63, 3.8) is 0 Å². The van der Waals surface area contributed by atoms with Crippen LogP contribution in [0.2, 0.25) is 0 Å². The van der Waals surface area contributed by atoms with Gasteiger partial charge < -0.3 is 19.9 Å². The van der Waals surface area contributed by atoms with E-state index in [0.29, 0.717) is 25.4 Å². The molecule has 2 heterocycles. The van der Waals surface area contributed by atoms with Crippen LogP contribution >= 0.6 is 19.5 Å². The van der Waals surface area contributed by atoms with E-state index in [1.165, 1.54) is 17.2 Å². The van der Waals surface area contributed by atoms with Crippen molar-refractivity contribution in [3.05, 3.63) is 48.2 Å². The standard InChI is InChI=1S/C28H45N4O8PS/c1-20(2)37-19-29-18-28(4,5)26(34)42-14-13-38-41(36,30-16-22-9-7-6-8-10-22)39-17-23-15-21(3)25(40-23)32-12-11-24(33)31-27(32)35/h6-12,20-21,23-25,29,33H,13-19H2,1-5H3,(H,30,36)(H,31,35). The molecule has 0 bridgehead atoms. The fraction of sp³-hybridized carbons (Fsp3) is 0.643. The Balaban J connectivity index is 1.52. The minimum Gasteiger partial charge on any atom is -0.370 e. The number of aliphatic hydroxyl groups is 1. The van der Waals surface area contributed by atoms with Gasteiger partial charge in [0.25, 0.3) is 0 Å². The molecule has 0 aromatic heterocycles. The second-order valence-electron chi connectivity index (χ2n) is 11.3. The maximum Gasteiger partial charge on any atom is 0.405 e. The van der Waals surface area contributed by atoms with E-state index >= 15 is 0 Å². The van der Waals surface area contributed by atoms with E-state index in [4.69, 9.17) is 18.5 Å². The Morgan fingerprint density at radius 2 is 2.02 bits per heavy atom. The first-order chi connectivity index (χ1) is 19.9. The van der Waals surface area contributed by atoms with E-state index < -0.39 is 37.8 Å². The van der Waals surface area contributed by atoms with Crippen molar-refractivity contribution >= 4 is 30.7 Å². The number of ether oxygens (including phenoxy) is 2. The van der Waals surface area contributed by atoms with Gasteiger partial charge >= 0.3 is 13.8 Å². The number of rotatable bonds is 17. The zero-order valence-electron chi connectivity index (χ0n) is 25.0. The van der Waals surface area contributed by atoms with Crippen molar-refractivity contribution < 1.29 is 37.8 Å². The maximum atomic E-state index is 13.7. The predicted octanol–water partition coefficient (Wildman–Crippen LogP) is 3.78. The molecule has 12 nitrogen and oxygen atoms in total. The summed E-state index contributed by atoms with van der Waals surface area (Å²) < 4.78 is 36.8. The van der Waals surface area contributed by atoms with Gasteiger partial charge in [-0.05, 0) is 31.9 Å². The number of hydrogen-bond acceptors (Lipinski definition) is 10. The monoisotopic (exact) mass is 628 g/mol. The number of benzene rings is 1. The van der Waals surface area contributed by atoms with Crippen molar-refractivity contribution in [1.82, 2.24) is 20.6 Å². The number of carbonyl (C=O) groups is 2. The summed E-state index contributed by atoms with van der Waals surface area (Å²) in [4.78, 5) is 26.5. The number of nitrogens with one attached hydrogen (secondary N) is 3. The molecule has 2 aliphatic rings. The molecule has 2 aliphatic heterocycles. The quantitative estimate of drug-likeness (QED) is 0.114. The highest BCUT2D eigenvalue weighted by Gasteiger charge is 2.40. The van der Waals surface area contributed by atoms with Gasteiger partial charge in [-0.15, -0.1) is 0 Å². The molecule has 0 radical (unpaired) electrons. The summed E-state index contributed by atoms with van der Waals surface area (Å²) in [6.45, 7) is 10.7. The fourth-order valence-corrected chi connectivity index (χ4v) is 6.56. The number of hydrogen-bond donors (Lipinski definition) is 4. The summed E-state index contributed by atoms with van der Waals surface area (Å²) in [6, 6.07) is 9.00. The molecule has 0 aliphatic carbocycles. The Bertz CT molecular complexity index is 1090. The molecule has 236 valence electrons. The third-order valence-electron chi connectivity index (χ3n) is 6.63. The number of thioether (sulfide) groups is 1. The maximum absolute atomic E-state index is 13.7. The molecule has 1 saturated heterocycles. The minimum atomic E-state index is -3.78. The van der Waals surface area contributed by atoms with Crippen LogP contribution in [0.25, 0.3) is 0 Å². The van der Waals surface area contributed by atoms with E-state index in [-0.39, 0.29) is 36.9 Å². The van der Waals surface area contributed by atoms with Crippen molar-refractivity contribution in [1.29, 1.82) is 0 Å². The van der Waals surface area contributed by atoms with Gasteiger partial charge in [0.15, 0.2) is 5.12 Å². The summed E-state index contributed by atoms with van der Waals surface area (Å²) in [5.74, 6) is 0.269. The van der Waals surface area contributed by atoms with Gasteiger partial charge in [0.05, 0.1) is 32.2 Å². The van der Waals surface area contributed by atoms with Crippen LogP contribution in [0.4, 0.5) is 4.79 Å². The Kier molecular flexibility index (Phi) is 13.5. The first kappa shape index (κ1) is 34.7. The smallest absolute Gasteiger partial charge is 0.370 e. The van der Waals surface area contributed by atoms with Gasteiger partial charge in [-0.3, -0.25) is 24.1 Å². The van der Waals surface area contributed by atoms with E-state index in [1.54, 1.807) is 0 Å². The highest BCUT2D eigenvalue weighted by atomic mass is 32.2. The van der Waals surface area contributed by atoms with Crippen molar-refractivity contribution in [2.75, 3.05) is 32.2 Å². The normalized spacial score (nSPS) is 24.2. The SMILES string of the molecule is CC(C)OCNCC(C)(C)C(=O)SCCOP(=O)(NCc1ccccc1)OCC1CC(C)C(N2C=CC(O)NC2=O)O1. The van der Waals surface area contributed by atoms with Crippen LogP contribution in [0, 0.1) is 11.3 Å². The van der Waals surface area contributed by atoms with E-state index in [1.807, 2.05) is 65.0 Å². The highest BCUT2D eigenvalue weighted by Crippen LogP contribution is 2.45. The third kappa shape index (κ3) is 11.0. The van der Waals surface area contributed by atoms with E-state index in [9.17, 15) is 19.3 Å². The van der Waals surface area contributed by atoms with Crippen LogP contribution < -0.4 is 15.7 Å². The first-order valence-corrected chi connectivity index (χ1v) is 16.7. The largest absolute Gasteiger partial charge is 0.405 e. The zero-order chi connectivity index (χ0) is 30.8. The van der Waals surface area contributed by atoms with Crippen LogP contribution in [0.15, 0.2) is 42.6 Å². The lowest BCUT2D eigenvalue weighted by Crippen LogP contribution is -2.50. The van der Waals surface area contributed by atoms with Crippen molar-refractivity contribution in [3.8, 4) is 0 Å². The van der Waals surface area contributed by atoms with Crippen LogP contribution in [-0.2, 0) is 34.4 Å². The van der Waals surface area contributed by atoms with Crippen LogP contribution in [-0.4, -0.2) is 78.1 Å². The highest BCUT2D eigenvalue weighted by molar-refractivity contribution is 8.13. The zero-order valence-corrected chi connectivity index (χ0v) is 26.7. The molecule has 0 saturated carbocycles. The van der Waals surface area contributed by atoms with Crippen LogP contribution in [0.5, 0.6) is 0 Å². The van der Waals surface area contributed by atoms with Gasteiger partial charge in [-0.25, -0.2) is 14.4 Å². The van der Waals surface area contributed by atoms with Crippen molar-refractivity contribution in [2.24, 2.45) is 11.3 Å². The molecule has 5 atom stereocenters. The molecular weight excluding hydrogens is 583 g/mol. The van der Waals surface area contributed by atoms with Gasteiger partial charge in [-0.2, -0.15) is 0 Å².